The van der Waals surface area contributed by atoms with Crippen molar-refractivity contribution in [3.05, 3.63) is 35.9 Å². The molecule has 8 nitrogen and oxygen atoms in total. The number of H-pyrrole nitrogens is 1. The Kier molecular flexibility index (Phi) is 4.00. The van der Waals surface area contributed by atoms with Gasteiger partial charge in [0.05, 0.1) is 25.9 Å². The summed E-state index contributed by atoms with van der Waals surface area (Å²) in [5, 5.41) is 0.833. The number of rotatable bonds is 2. The summed E-state index contributed by atoms with van der Waals surface area (Å²) in [4.78, 5) is 16.0. The molecule has 0 saturated carbocycles. The third-order valence-corrected chi connectivity index (χ3v) is 10.6. The van der Waals surface area contributed by atoms with Gasteiger partial charge in [0.2, 0.25) is 0 Å². The van der Waals surface area contributed by atoms with Gasteiger partial charge in [0.15, 0.2) is 17.4 Å². The minimum Gasteiger partial charge on any atom is -0.486 e. The van der Waals surface area contributed by atoms with Gasteiger partial charge in [-0.3, -0.25) is 4.21 Å². The molecule has 3 atom stereocenters. The molecule has 0 spiro atoms. The highest BCUT2D eigenvalue weighted by molar-refractivity contribution is 8.12. The Morgan fingerprint density at radius 1 is 1.24 bits per heavy atom. The molecule has 0 bridgehead atoms. The van der Waals surface area contributed by atoms with Crippen molar-refractivity contribution in [2.24, 2.45) is 0 Å². The molecular formula is C23H23FN4O4S. The number of hydrogen-bond acceptors (Lipinski definition) is 7. The van der Waals surface area contributed by atoms with Crippen LogP contribution in [0.2, 0.25) is 0 Å². The molecule has 0 radical (unpaired) electrons. The van der Waals surface area contributed by atoms with E-state index in [1.165, 1.54) is 12.1 Å². The van der Waals surface area contributed by atoms with Crippen LogP contribution in [0.15, 0.2) is 24.4 Å². The van der Waals surface area contributed by atoms with Crippen LogP contribution in [0.25, 0.3) is 22.3 Å². The van der Waals surface area contributed by atoms with Gasteiger partial charge in [0, 0.05) is 46.9 Å². The lowest BCUT2D eigenvalue weighted by molar-refractivity contribution is 0.0690. The first-order valence-electron chi connectivity index (χ1n) is 11.1. The van der Waals surface area contributed by atoms with Crippen LogP contribution in [0, 0.1) is 5.82 Å². The zero-order valence-electron chi connectivity index (χ0n) is 18.1. The quantitative estimate of drug-likeness (QED) is 0.574. The first-order valence-corrected chi connectivity index (χ1v) is 13.1. The summed E-state index contributed by atoms with van der Waals surface area (Å²) < 4.78 is 45.1. The second-order valence-electron chi connectivity index (χ2n) is 9.07. The molecule has 33 heavy (non-hydrogen) atoms. The number of nitrogens with zero attached hydrogens (tertiary/aromatic N) is 3. The normalized spacial score (nSPS) is 30.4. The predicted molar refractivity (Wildman–Crippen MR) is 123 cm³/mol. The average molecular weight is 471 g/mol. The number of ether oxygens (including phenoxy) is 3. The molecule has 2 aromatic heterocycles. The van der Waals surface area contributed by atoms with E-state index in [9.17, 15) is 8.60 Å². The molecule has 7 rings (SSSR count). The van der Waals surface area contributed by atoms with E-state index in [0.29, 0.717) is 80.2 Å². The van der Waals surface area contributed by atoms with Gasteiger partial charge in [-0.15, -0.1) is 0 Å². The summed E-state index contributed by atoms with van der Waals surface area (Å²) in [5.74, 6) is 1.30. The fraction of sp³-hybridized carbons (Fsp3) is 0.435. The van der Waals surface area contributed by atoms with Gasteiger partial charge >= 0.3 is 0 Å². The number of anilines is 1. The summed E-state index contributed by atoms with van der Waals surface area (Å²) in [6.07, 6.45) is 4.15. The molecule has 0 aliphatic carbocycles. The van der Waals surface area contributed by atoms with Gasteiger partial charge in [0.1, 0.15) is 22.9 Å². The van der Waals surface area contributed by atoms with Crippen LogP contribution in [-0.4, -0.2) is 75.9 Å². The standard InChI is InChI=1S/C23H23FN4O4S/c1-33(29)18-12-30-6-3-23(18,33)20-19-22(28-5-7-31-10-14(28)11-32-19)27-21(26-20)16-8-13(24)9-17-15(16)2-4-25-17/h2,4,8-9,14,25H,3,5-7,10-12H2,1H3. The van der Waals surface area contributed by atoms with Crippen LogP contribution < -0.4 is 9.64 Å². The van der Waals surface area contributed by atoms with Gasteiger partial charge in [-0.2, -0.15) is 0 Å². The third kappa shape index (κ3) is 2.57. The van der Waals surface area contributed by atoms with Crippen LogP contribution in [0.5, 0.6) is 5.75 Å². The molecule has 2 saturated heterocycles. The topological polar surface area (TPSA) is 89.6 Å². The number of morpholine rings is 1. The van der Waals surface area contributed by atoms with Gasteiger partial charge in [0.25, 0.3) is 0 Å². The molecule has 4 aliphatic rings. The zero-order chi connectivity index (χ0) is 22.4. The maximum absolute atomic E-state index is 14.5. The van der Waals surface area contributed by atoms with Gasteiger partial charge in [-0.25, -0.2) is 14.4 Å². The van der Waals surface area contributed by atoms with Crippen molar-refractivity contribution < 1.29 is 22.8 Å². The second kappa shape index (κ2) is 6.68. The largest absolute Gasteiger partial charge is 0.486 e. The Labute approximate surface area is 190 Å². The van der Waals surface area contributed by atoms with Crippen LogP contribution in [0.1, 0.15) is 12.1 Å². The monoisotopic (exact) mass is 470 g/mol. The number of benzene rings is 1. The summed E-state index contributed by atoms with van der Waals surface area (Å²) in [6.45, 7) is 3.15. The van der Waals surface area contributed by atoms with E-state index in [-0.39, 0.29) is 11.9 Å². The lowest BCUT2D eigenvalue weighted by atomic mass is 9.94. The van der Waals surface area contributed by atoms with Crippen molar-refractivity contribution in [1.29, 1.82) is 0 Å². The second-order valence-corrected chi connectivity index (χ2v) is 11.9. The van der Waals surface area contributed by atoms with Crippen molar-refractivity contribution in [2.45, 2.75) is 17.2 Å². The number of hydrogen-bond donors (Lipinski definition) is 1. The van der Waals surface area contributed by atoms with Crippen molar-refractivity contribution in [3.8, 4) is 17.1 Å². The minimum absolute atomic E-state index is 0.0439. The predicted octanol–water partition coefficient (Wildman–Crippen LogP) is 2.08. The van der Waals surface area contributed by atoms with E-state index in [0.717, 1.165) is 10.3 Å². The minimum atomic E-state index is -2.30. The molecule has 172 valence electrons. The van der Waals surface area contributed by atoms with Gasteiger partial charge < -0.3 is 24.1 Å². The van der Waals surface area contributed by atoms with Crippen LogP contribution in [0.4, 0.5) is 10.2 Å². The Bertz CT molecular complexity index is 1450. The summed E-state index contributed by atoms with van der Waals surface area (Å²) in [7, 11) is -2.30. The molecule has 1 aromatic carbocycles. The smallest absolute Gasteiger partial charge is 0.185 e. The zero-order valence-corrected chi connectivity index (χ0v) is 18.9. The number of halogens is 1. The number of nitrogens with one attached hydrogen (secondary N) is 1. The average Bonchev–Trinajstić information content (AvgIpc) is 3.10. The number of fused-ring (bicyclic) bond motifs is 5. The fourth-order valence-corrected chi connectivity index (χ4v) is 8.56. The SMILES string of the molecule is CS1(=O)=C2COCCC21c1nc(-c2cc(F)cc3[nH]ccc23)nc2c1OCC1COCCN21. The van der Waals surface area contributed by atoms with Crippen molar-refractivity contribution >= 4 is 31.1 Å². The van der Waals surface area contributed by atoms with Crippen LogP contribution >= 0.6 is 0 Å². The van der Waals surface area contributed by atoms with Crippen molar-refractivity contribution in [2.75, 3.05) is 50.7 Å². The van der Waals surface area contributed by atoms with E-state index in [2.05, 4.69) is 9.88 Å². The first-order chi connectivity index (χ1) is 16.0. The highest BCUT2D eigenvalue weighted by atomic mass is 32.2. The van der Waals surface area contributed by atoms with Crippen molar-refractivity contribution in [3.63, 3.8) is 0 Å². The van der Waals surface area contributed by atoms with E-state index in [1.54, 1.807) is 12.5 Å². The Balaban J connectivity index is 1.50. The summed E-state index contributed by atoms with van der Waals surface area (Å²) >= 11 is 0. The molecule has 4 aliphatic heterocycles. The number of aromatic amines is 1. The third-order valence-electron chi connectivity index (χ3n) is 7.40. The summed E-state index contributed by atoms with van der Waals surface area (Å²) in [5.41, 5.74) is 1.92. The Hall–Kier alpha value is -2.69. The lowest BCUT2D eigenvalue weighted by Gasteiger charge is -2.41. The molecule has 1 N–H and O–H groups in total. The molecule has 6 heterocycles. The molecule has 10 heteroatoms. The maximum atomic E-state index is 14.5. The fourth-order valence-electron chi connectivity index (χ4n) is 5.63. The molecule has 2 fully saturated rings. The molecular weight excluding hydrogens is 447 g/mol. The van der Waals surface area contributed by atoms with E-state index in [1.807, 2.05) is 6.07 Å². The van der Waals surface area contributed by atoms with Gasteiger partial charge in [-0.05, 0) is 34.1 Å². The van der Waals surface area contributed by atoms with Crippen molar-refractivity contribution in [1.82, 2.24) is 15.0 Å². The molecule has 3 unspecified atom stereocenters. The maximum Gasteiger partial charge on any atom is 0.185 e. The Morgan fingerprint density at radius 2 is 2.15 bits per heavy atom. The van der Waals surface area contributed by atoms with E-state index < -0.39 is 14.3 Å². The van der Waals surface area contributed by atoms with Gasteiger partial charge in [-0.1, -0.05) is 0 Å². The molecule has 0 amide bonds. The summed E-state index contributed by atoms with van der Waals surface area (Å²) in [6, 6.07) is 4.86. The van der Waals surface area contributed by atoms with E-state index >= 15 is 0 Å². The molecule has 3 aromatic rings. The number of aromatic nitrogens is 3. The van der Waals surface area contributed by atoms with E-state index in [4.69, 9.17) is 24.2 Å². The van der Waals surface area contributed by atoms with Crippen LogP contribution in [-0.2, 0) is 23.7 Å². The highest BCUT2D eigenvalue weighted by Gasteiger charge is 2.63. The van der Waals surface area contributed by atoms with Crippen LogP contribution in [0.3, 0.4) is 0 Å². The lowest BCUT2D eigenvalue weighted by Crippen LogP contribution is -2.52. The Morgan fingerprint density at radius 3 is 3.03 bits per heavy atom. The first kappa shape index (κ1) is 19.7. The highest BCUT2D eigenvalue weighted by Crippen LogP contribution is 2.55.